The lowest BCUT2D eigenvalue weighted by molar-refractivity contribution is 0.181. The summed E-state index contributed by atoms with van der Waals surface area (Å²) in [7, 11) is -1.16. The first-order valence-corrected chi connectivity index (χ1v) is 9.88. The largest absolute Gasteiger partial charge is 0.385 e. The predicted molar refractivity (Wildman–Crippen MR) is 90.1 cm³/mol. The zero-order chi connectivity index (χ0) is 16.0. The van der Waals surface area contributed by atoms with Gasteiger partial charge in [-0.05, 0) is 49.4 Å². The molecule has 22 heavy (non-hydrogen) atoms. The molecule has 1 N–H and O–H groups in total. The number of halogens is 1. The molecule has 2 unspecified atom stereocenters. The van der Waals surface area contributed by atoms with Gasteiger partial charge in [0.05, 0.1) is 11.5 Å². The van der Waals surface area contributed by atoms with E-state index in [1.807, 2.05) is 24.3 Å². The van der Waals surface area contributed by atoms with Gasteiger partial charge < -0.3 is 10.1 Å². The van der Waals surface area contributed by atoms with Gasteiger partial charge in [-0.2, -0.15) is 0 Å². The summed E-state index contributed by atoms with van der Waals surface area (Å²) >= 11 is 5.94. The molecule has 0 spiro atoms. The molecule has 1 fully saturated rings. The van der Waals surface area contributed by atoms with Crippen molar-refractivity contribution in [1.29, 1.82) is 0 Å². The minimum Gasteiger partial charge on any atom is -0.385 e. The number of hydrogen-bond acceptors (Lipinski definition) is 4. The lowest BCUT2D eigenvalue weighted by atomic mass is 10.0. The zero-order valence-electron chi connectivity index (χ0n) is 12.9. The van der Waals surface area contributed by atoms with Crippen LogP contribution in [0, 0.1) is 5.92 Å². The standard InChI is InChI=1S/C16H24ClNO3S/c1-21-9-8-16(14-4-6-15(17)7-5-14)18-11-13-3-2-10-22(19,20)12-13/h4-7,13,16,18H,2-3,8-12H2,1H3. The highest BCUT2D eigenvalue weighted by Crippen LogP contribution is 2.22. The van der Waals surface area contributed by atoms with E-state index in [9.17, 15) is 8.42 Å². The van der Waals surface area contributed by atoms with Gasteiger partial charge in [0.15, 0.2) is 9.84 Å². The molecule has 0 amide bonds. The monoisotopic (exact) mass is 345 g/mol. The van der Waals surface area contributed by atoms with Crippen LogP contribution < -0.4 is 5.32 Å². The minimum atomic E-state index is -2.85. The first-order valence-electron chi connectivity index (χ1n) is 7.68. The number of rotatable bonds is 7. The SMILES string of the molecule is COCCC(NCC1CCCS(=O)(=O)C1)c1ccc(Cl)cc1. The molecule has 4 nitrogen and oxygen atoms in total. The van der Waals surface area contributed by atoms with Crippen molar-refractivity contribution in [3.8, 4) is 0 Å². The Labute approximate surface area is 138 Å². The van der Waals surface area contributed by atoms with Gasteiger partial charge in [0, 0.05) is 24.8 Å². The molecule has 6 heteroatoms. The Bertz CT molecular complexity index is 559. The van der Waals surface area contributed by atoms with Crippen LogP contribution in [0.3, 0.4) is 0 Å². The minimum absolute atomic E-state index is 0.154. The Morgan fingerprint density at radius 1 is 1.36 bits per heavy atom. The molecule has 0 radical (unpaired) electrons. The van der Waals surface area contributed by atoms with E-state index >= 15 is 0 Å². The van der Waals surface area contributed by atoms with Gasteiger partial charge in [-0.25, -0.2) is 8.42 Å². The van der Waals surface area contributed by atoms with Crippen molar-refractivity contribution in [1.82, 2.24) is 5.32 Å². The van der Waals surface area contributed by atoms with E-state index in [4.69, 9.17) is 16.3 Å². The summed E-state index contributed by atoms with van der Waals surface area (Å²) in [6.07, 6.45) is 2.60. The quantitative estimate of drug-likeness (QED) is 0.825. The maximum atomic E-state index is 11.7. The van der Waals surface area contributed by atoms with Gasteiger partial charge in [0.1, 0.15) is 0 Å². The molecule has 124 valence electrons. The van der Waals surface area contributed by atoms with Gasteiger partial charge in [0.2, 0.25) is 0 Å². The molecule has 1 aromatic carbocycles. The number of benzene rings is 1. The molecule has 1 aliphatic rings. The van der Waals surface area contributed by atoms with Crippen LogP contribution >= 0.6 is 11.6 Å². The highest BCUT2D eigenvalue weighted by molar-refractivity contribution is 7.91. The Hall–Kier alpha value is -0.620. The van der Waals surface area contributed by atoms with E-state index in [-0.39, 0.29) is 12.0 Å². The molecular weight excluding hydrogens is 322 g/mol. The normalized spacial score (nSPS) is 22.4. The second-order valence-corrected chi connectivity index (χ2v) is 8.58. The first kappa shape index (κ1) is 17.7. The number of hydrogen-bond donors (Lipinski definition) is 1. The smallest absolute Gasteiger partial charge is 0.150 e. The molecule has 1 aliphatic heterocycles. The van der Waals surface area contributed by atoms with E-state index < -0.39 is 9.84 Å². The van der Waals surface area contributed by atoms with Crippen molar-refractivity contribution in [3.05, 3.63) is 34.9 Å². The average Bonchev–Trinajstić information content (AvgIpc) is 2.48. The molecule has 1 heterocycles. The van der Waals surface area contributed by atoms with Crippen molar-refractivity contribution >= 4 is 21.4 Å². The maximum Gasteiger partial charge on any atom is 0.150 e. The molecule has 1 aromatic rings. The fraction of sp³-hybridized carbons (Fsp3) is 0.625. The Kier molecular flexibility index (Phi) is 6.68. The maximum absolute atomic E-state index is 11.7. The molecule has 2 atom stereocenters. The zero-order valence-corrected chi connectivity index (χ0v) is 14.5. The van der Waals surface area contributed by atoms with Gasteiger partial charge in [-0.15, -0.1) is 0 Å². The Morgan fingerprint density at radius 2 is 2.09 bits per heavy atom. The van der Waals surface area contributed by atoms with Gasteiger partial charge in [0.25, 0.3) is 0 Å². The van der Waals surface area contributed by atoms with Gasteiger partial charge >= 0.3 is 0 Å². The Morgan fingerprint density at radius 3 is 2.73 bits per heavy atom. The van der Waals surface area contributed by atoms with Crippen LogP contribution in [-0.4, -0.2) is 40.2 Å². The summed E-state index contributed by atoms with van der Waals surface area (Å²) in [5.41, 5.74) is 1.15. The summed E-state index contributed by atoms with van der Waals surface area (Å²) in [6, 6.07) is 7.93. The summed E-state index contributed by atoms with van der Waals surface area (Å²) in [6.45, 7) is 1.37. The van der Waals surface area contributed by atoms with E-state index in [1.54, 1.807) is 7.11 Å². The first-order chi connectivity index (χ1) is 10.5. The van der Waals surface area contributed by atoms with Crippen molar-refractivity contribution in [2.45, 2.75) is 25.3 Å². The van der Waals surface area contributed by atoms with Crippen molar-refractivity contribution in [2.24, 2.45) is 5.92 Å². The van der Waals surface area contributed by atoms with Crippen LogP contribution in [0.1, 0.15) is 30.9 Å². The van der Waals surface area contributed by atoms with Crippen LogP contribution in [-0.2, 0) is 14.6 Å². The second-order valence-electron chi connectivity index (χ2n) is 5.92. The molecule has 1 saturated heterocycles. The van der Waals surface area contributed by atoms with E-state index in [2.05, 4.69) is 5.32 Å². The third kappa shape index (κ3) is 5.54. The second kappa shape index (κ2) is 8.29. The third-order valence-corrected chi connectivity index (χ3v) is 6.24. The fourth-order valence-electron chi connectivity index (χ4n) is 2.90. The number of nitrogens with one attached hydrogen (secondary N) is 1. The topological polar surface area (TPSA) is 55.4 Å². The lowest BCUT2D eigenvalue weighted by Gasteiger charge is -2.26. The summed E-state index contributed by atoms with van der Waals surface area (Å²) in [5.74, 6) is 0.849. The van der Waals surface area contributed by atoms with E-state index in [0.717, 1.165) is 31.4 Å². The van der Waals surface area contributed by atoms with Crippen LogP contribution in [0.2, 0.25) is 5.02 Å². The summed E-state index contributed by atoms with van der Waals surface area (Å²) < 4.78 is 28.6. The van der Waals surface area contributed by atoms with Crippen LogP contribution in [0.15, 0.2) is 24.3 Å². The van der Waals surface area contributed by atoms with Crippen LogP contribution in [0.4, 0.5) is 0 Å². The van der Waals surface area contributed by atoms with E-state index in [1.165, 1.54) is 0 Å². The average molecular weight is 346 g/mol. The highest BCUT2D eigenvalue weighted by Gasteiger charge is 2.25. The number of ether oxygens (including phenoxy) is 1. The summed E-state index contributed by atoms with van der Waals surface area (Å²) in [4.78, 5) is 0. The van der Waals surface area contributed by atoms with Crippen molar-refractivity contribution < 1.29 is 13.2 Å². The van der Waals surface area contributed by atoms with Crippen molar-refractivity contribution in [2.75, 3.05) is 31.8 Å². The number of methoxy groups -OCH3 is 1. The molecule has 0 aliphatic carbocycles. The predicted octanol–water partition coefficient (Wildman–Crippen LogP) is 2.83. The third-order valence-electron chi connectivity index (χ3n) is 4.09. The highest BCUT2D eigenvalue weighted by atomic mass is 35.5. The lowest BCUT2D eigenvalue weighted by Crippen LogP contribution is -2.35. The molecular formula is C16H24ClNO3S. The molecule has 0 saturated carbocycles. The number of sulfone groups is 1. The summed E-state index contributed by atoms with van der Waals surface area (Å²) in [5, 5.41) is 4.23. The molecule has 0 aromatic heterocycles. The van der Waals surface area contributed by atoms with E-state index in [0.29, 0.717) is 23.1 Å². The molecule has 0 bridgehead atoms. The van der Waals surface area contributed by atoms with Crippen LogP contribution in [0.25, 0.3) is 0 Å². The Balaban J connectivity index is 1.96. The van der Waals surface area contributed by atoms with Gasteiger partial charge in [-0.1, -0.05) is 23.7 Å². The van der Waals surface area contributed by atoms with Crippen molar-refractivity contribution in [3.63, 3.8) is 0 Å². The fourth-order valence-corrected chi connectivity index (χ4v) is 4.81. The van der Waals surface area contributed by atoms with Gasteiger partial charge in [-0.3, -0.25) is 0 Å². The molecule has 2 rings (SSSR count). The van der Waals surface area contributed by atoms with Crippen LogP contribution in [0.5, 0.6) is 0 Å².